The van der Waals surface area contributed by atoms with Gasteiger partial charge in [-0.25, -0.2) is 13.1 Å². The smallest absolute Gasteiger partial charge is 0.175 e. The Bertz CT molecular complexity index is 1390. The molecule has 0 fully saturated rings. The number of fused-ring (bicyclic) bond motifs is 3. The molecule has 1 atom stereocenters. The van der Waals surface area contributed by atoms with Crippen LogP contribution in [0.2, 0.25) is 0 Å². The van der Waals surface area contributed by atoms with Crippen molar-refractivity contribution in [2.75, 3.05) is 24.7 Å². The molecule has 5 rings (SSSR count). The molecular formula is C27H33N5O2S. The SMILES string of the molecule is Cc1nnn2c1-c1ccc(C3=CCN(C(C)C)CC3)cc1C(Nc1cccc(S(C)(=O)=O)c1)CC2. The van der Waals surface area contributed by atoms with Crippen molar-refractivity contribution >= 4 is 21.1 Å². The zero-order valence-corrected chi connectivity index (χ0v) is 21.6. The lowest BCUT2D eigenvalue weighted by Crippen LogP contribution is -2.34. The number of nitrogens with zero attached hydrogens (tertiary/aromatic N) is 4. The van der Waals surface area contributed by atoms with Crippen molar-refractivity contribution in [1.82, 2.24) is 19.9 Å². The lowest BCUT2D eigenvalue weighted by molar-refractivity contribution is 0.245. The number of nitrogens with one attached hydrogen (secondary N) is 1. The fourth-order valence-corrected chi connectivity index (χ4v) is 5.81. The van der Waals surface area contributed by atoms with Crippen molar-refractivity contribution in [2.24, 2.45) is 0 Å². The molecule has 2 aliphatic heterocycles. The van der Waals surface area contributed by atoms with Crippen LogP contribution in [0.1, 0.15) is 49.6 Å². The zero-order valence-electron chi connectivity index (χ0n) is 20.8. The van der Waals surface area contributed by atoms with Gasteiger partial charge in [0, 0.05) is 43.2 Å². The highest BCUT2D eigenvalue weighted by molar-refractivity contribution is 7.90. The highest BCUT2D eigenvalue weighted by atomic mass is 32.2. The highest BCUT2D eigenvalue weighted by Crippen LogP contribution is 2.39. The summed E-state index contributed by atoms with van der Waals surface area (Å²) in [6, 6.07) is 14.4. The fourth-order valence-electron chi connectivity index (χ4n) is 5.15. The topological polar surface area (TPSA) is 80.1 Å². The number of rotatable bonds is 5. The van der Waals surface area contributed by atoms with E-state index in [1.54, 1.807) is 18.2 Å². The molecule has 0 radical (unpaired) electrons. The summed E-state index contributed by atoms with van der Waals surface area (Å²) in [5.74, 6) is 0. The van der Waals surface area contributed by atoms with Gasteiger partial charge in [-0.2, -0.15) is 0 Å². The maximum Gasteiger partial charge on any atom is 0.175 e. The first-order valence-corrected chi connectivity index (χ1v) is 14.1. The maximum absolute atomic E-state index is 12.1. The van der Waals surface area contributed by atoms with E-state index in [0.29, 0.717) is 10.9 Å². The van der Waals surface area contributed by atoms with Crippen LogP contribution in [0.15, 0.2) is 53.4 Å². The Hall–Kier alpha value is -2.97. The molecule has 35 heavy (non-hydrogen) atoms. The van der Waals surface area contributed by atoms with E-state index in [0.717, 1.165) is 55.1 Å². The molecule has 7 nitrogen and oxygen atoms in total. The predicted molar refractivity (Wildman–Crippen MR) is 140 cm³/mol. The summed E-state index contributed by atoms with van der Waals surface area (Å²) < 4.78 is 26.2. The van der Waals surface area contributed by atoms with Crippen molar-refractivity contribution in [3.63, 3.8) is 0 Å². The maximum atomic E-state index is 12.1. The van der Waals surface area contributed by atoms with Gasteiger partial charge >= 0.3 is 0 Å². The van der Waals surface area contributed by atoms with E-state index >= 15 is 0 Å². The number of sulfone groups is 1. The molecule has 0 aliphatic carbocycles. The molecule has 1 N–H and O–H groups in total. The molecule has 3 heterocycles. The van der Waals surface area contributed by atoms with Crippen molar-refractivity contribution in [3.8, 4) is 11.3 Å². The third kappa shape index (κ3) is 4.77. The van der Waals surface area contributed by atoms with Gasteiger partial charge in [0.05, 0.1) is 22.3 Å². The van der Waals surface area contributed by atoms with Gasteiger partial charge in [-0.05, 0) is 74.6 Å². The molecular weight excluding hydrogens is 458 g/mol. The minimum absolute atomic E-state index is 0.0113. The summed E-state index contributed by atoms with van der Waals surface area (Å²) >= 11 is 0. The van der Waals surface area contributed by atoms with Gasteiger partial charge in [-0.15, -0.1) is 5.10 Å². The van der Waals surface area contributed by atoms with Crippen LogP contribution in [0, 0.1) is 6.92 Å². The number of hydrogen-bond acceptors (Lipinski definition) is 6. The quantitative estimate of drug-likeness (QED) is 0.557. The van der Waals surface area contributed by atoms with E-state index in [9.17, 15) is 8.42 Å². The average Bonchev–Trinajstić information content (AvgIpc) is 3.13. The van der Waals surface area contributed by atoms with Crippen LogP contribution in [0.25, 0.3) is 16.8 Å². The van der Waals surface area contributed by atoms with Crippen LogP contribution in [0.5, 0.6) is 0 Å². The summed E-state index contributed by atoms with van der Waals surface area (Å²) in [5, 5.41) is 12.3. The van der Waals surface area contributed by atoms with Crippen molar-refractivity contribution in [1.29, 1.82) is 0 Å². The number of benzene rings is 2. The number of aromatic nitrogens is 3. The average molecular weight is 492 g/mol. The minimum Gasteiger partial charge on any atom is -0.378 e. The molecule has 3 aromatic rings. The first-order valence-electron chi connectivity index (χ1n) is 12.2. The van der Waals surface area contributed by atoms with Gasteiger partial charge in [0.25, 0.3) is 0 Å². The molecule has 0 amide bonds. The van der Waals surface area contributed by atoms with Gasteiger partial charge < -0.3 is 5.32 Å². The first-order chi connectivity index (χ1) is 16.7. The number of hydrogen-bond donors (Lipinski definition) is 1. The second-order valence-corrected chi connectivity index (χ2v) is 11.9. The molecule has 2 aromatic carbocycles. The molecule has 1 unspecified atom stereocenters. The van der Waals surface area contributed by atoms with Crippen molar-refractivity contribution in [2.45, 2.75) is 57.1 Å². The Morgan fingerprint density at radius 1 is 1.11 bits per heavy atom. The van der Waals surface area contributed by atoms with Crippen LogP contribution in [-0.4, -0.2) is 53.7 Å². The molecule has 8 heteroatoms. The molecule has 1 aromatic heterocycles. The lowest BCUT2D eigenvalue weighted by Gasteiger charge is -2.30. The minimum atomic E-state index is -3.28. The number of anilines is 1. The Morgan fingerprint density at radius 3 is 2.66 bits per heavy atom. The molecule has 0 bridgehead atoms. The van der Waals surface area contributed by atoms with E-state index in [1.165, 1.54) is 23.0 Å². The van der Waals surface area contributed by atoms with Crippen LogP contribution in [0.4, 0.5) is 5.69 Å². The first kappa shape index (κ1) is 23.8. The molecule has 0 saturated heterocycles. The second kappa shape index (κ2) is 9.24. The van der Waals surface area contributed by atoms with Crippen molar-refractivity contribution < 1.29 is 8.42 Å². The van der Waals surface area contributed by atoms with Gasteiger partial charge in [0.15, 0.2) is 9.84 Å². The van der Waals surface area contributed by atoms with Gasteiger partial charge in [-0.3, -0.25) is 4.90 Å². The Morgan fingerprint density at radius 2 is 1.94 bits per heavy atom. The number of aryl methyl sites for hydroxylation is 2. The van der Waals surface area contributed by atoms with Gasteiger partial charge in [0.2, 0.25) is 0 Å². The summed E-state index contributed by atoms with van der Waals surface area (Å²) in [6.07, 6.45) is 5.45. The van der Waals surface area contributed by atoms with E-state index in [-0.39, 0.29) is 6.04 Å². The van der Waals surface area contributed by atoms with Crippen molar-refractivity contribution in [3.05, 3.63) is 65.4 Å². The molecule has 0 spiro atoms. The third-order valence-electron chi connectivity index (χ3n) is 7.16. The van der Waals surface area contributed by atoms with Crippen LogP contribution >= 0.6 is 0 Å². The van der Waals surface area contributed by atoms with Crippen LogP contribution in [-0.2, 0) is 16.4 Å². The molecule has 0 saturated carbocycles. The van der Waals surface area contributed by atoms with E-state index in [2.05, 4.69) is 58.7 Å². The monoisotopic (exact) mass is 491 g/mol. The highest BCUT2D eigenvalue weighted by Gasteiger charge is 2.26. The normalized spacial score (nSPS) is 18.5. The summed E-state index contributed by atoms with van der Waals surface area (Å²) in [6.45, 7) is 9.27. The zero-order chi connectivity index (χ0) is 24.7. The van der Waals surface area contributed by atoms with Gasteiger partial charge in [-0.1, -0.05) is 29.5 Å². The van der Waals surface area contributed by atoms with E-state index in [4.69, 9.17) is 0 Å². The summed E-state index contributed by atoms with van der Waals surface area (Å²) in [7, 11) is -3.28. The Kier molecular flexibility index (Phi) is 6.27. The summed E-state index contributed by atoms with van der Waals surface area (Å²) in [4.78, 5) is 2.81. The molecule has 184 valence electrons. The van der Waals surface area contributed by atoms with E-state index < -0.39 is 9.84 Å². The Balaban J connectivity index is 1.55. The fraction of sp³-hybridized carbons (Fsp3) is 0.407. The standard InChI is InChI=1S/C27H33N5O2S/c1-18(2)31-13-10-20(11-14-31)21-8-9-24-25(16-21)26(12-15-32-27(24)19(3)29-30-32)28-22-6-5-7-23(17-22)35(4,33)34/h5-10,16-18,26,28H,11-15H2,1-4H3. The summed E-state index contributed by atoms with van der Waals surface area (Å²) in [5.41, 5.74) is 7.74. The molecule has 2 aliphatic rings. The third-order valence-corrected chi connectivity index (χ3v) is 8.27. The largest absolute Gasteiger partial charge is 0.378 e. The Labute approximate surface area is 207 Å². The van der Waals surface area contributed by atoms with Gasteiger partial charge in [0.1, 0.15) is 0 Å². The second-order valence-electron chi connectivity index (χ2n) is 9.90. The lowest BCUT2D eigenvalue weighted by atomic mass is 9.90. The predicted octanol–water partition coefficient (Wildman–Crippen LogP) is 4.71. The van der Waals surface area contributed by atoms with E-state index in [1.807, 2.05) is 17.7 Å². The van der Waals surface area contributed by atoms with Crippen LogP contribution in [0.3, 0.4) is 0 Å². The van der Waals surface area contributed by atoms with Crippen LogP contribution < -0.4 is 5.32 Å².